The molecule has 0 saturated carbocycles. The highest BCUT2D eigenvalue weighted by Gasteiger charge is 2.28. The topological polar surface area (TPSA) is 105 Å². The minimum Gasteiger partial charge on any atom is -0.391 e. The van der Waals surface area contributed by atoms with Crippen molar-refractivity contribution in [2.24, 2.45) is 0 Å². The van der Waals surface area contributed by atoms with Crippen LogP contribution in [0, 0.1) is 0 Å². The van der Waals surface area contributed by atoms with Crippen molar-refractivity contribution in [3.63, 3.8) is 0 Å². The molecule has 0 fully saturated rings. The van der Waals surface area contributed by atoms with Crippen molar-refractivity contribution in [2.75, 3.05) is 40.9 Å². The first-order chi connectivity index (χ1) is 34.5. The van der Waals surface area contributed by atoms with Crippen molar-refractivity contribution >= 4 is 13.7 Å². The van der Waals surface area contributed by atoms with Crippen molar-refractivity contribution in [1.29, 1.82) is 0 Å². The standard InChI is InChI=1S/C62H125N2O6P/c1-6-8-10-12-14-16-18-20-22-24-26-28-29-30-31-32-33-34-35-36-38-40-42-44-46-48-50-52-54-56-62(66)63-60(59-70-71(67,68)69-58-57-64(3,4)5)61(65)55-53-51-49-47-45-43-41-39-37-27-25-23-21-19-17-15-13-11-9-7-2/h30-31,60-61,65H,6-29,32-59H2,1-5H3,(H-,63,66,67,68)/p+1/b31-30-. The molecule has 0 spiro atoms. The number of aliphatic hydroxyl groups is 1. The van der Waals surface area contributed by atoms with E-state index in [1.54, 1.807) is 0 Å². The molecule has 1 amide bonds. The second-order valence-electron chi connectivity index (χ2n) is 23.1. The fourth-order valence-electron chi connectivity index (χ4n) is 9.81. The fourth-order valence-corrected chi connectivity index (χ4v) is 10.5. The number of likely N-dealkylation sites (N-methyl/N-ethyl adjacent to an activating group) is 1. The van der Waals surface area contributed by atoms with Crippen LogP contribution in [0.5, 0.6) is 0 Å². The van der Waals surface area contributed by atoms with Crippen LogP contribution in [0.2, 0.25) is 0 Å². The molecule has 424 valence electrons. The van der Waals surface area contributed by atoms with Gasteiger partial charge in [-0.15, -0.1) is 0 Å². The average Bonchev–Trinajstić information content (AvgIpc) is 3.33. The molecule has 0 aromatic carbocycles. The summed E-state index contributed by atoms with van der Waals surface area (Å²) < 4.78 is 23.8. The Morgan fingerprint density at radius 3 is 1.08 bits per heavy atom. The van der Waals surface area contributed by atoms with Crippen LogP contribution in [0.1, 0.15) is 328 Å². The third kappa shape index (κ3) is 56.8. The number of aliphatic hydroxyl groups excluding tert-OH is 1. The number of hydrogen-bond acceptors (Lipinski definition) is 5. The number of carbonyl (C=O) groups is 1. The zero-order valence-electron chi connectivity index (χ0n) is 48.5. The zero-order chi connectivity index (χ0) is 52.0. The van der Waals surface area contributed by atoms with Gasteiger partial charge in [0.2, 0.25) is 5.91 Å². The normalized spacial score (nSPS) is 13.8. The molecule has 3 atom stereocenters. The lowest BCUT2D eigenvalue weighted by Gasteiger charge is -2.26. The first kappa shape index (κ1) is 70.2. The van der Waals surface area contributed by atoms with Crippen molar-refractivity contribution in [1.82, 2.24) is 5.32 Å². The third-order valence-electron chi connectivity index (χ3n) is 14.8. The van der Waals surface area contributed by atoms with Crippen LogP contribution in [0.15, 0.2) is 12.2 Å². The number of phosphoric ester groups is 1. The van der Waals surface area contributed by atoms with Crippen molar-refractivity contribution in [3.05, 3.63) is 12.2 Å². The molecule has 71 heavy (non-hydrogen) atoms. The van der Waals surface area contributed by atoms with Gasteiger partial charge in [0.05, 0.1) is 39.9 Å². The Morgan fingerprint density at radius 1 is 0.465 bits per heavy atom. The number of allylic oxidation sites excluding steroid dienone is 2. The summed E-state index contributed by atoms with van der Waals surface area (Å²) in [6.45, 7) is 4.95. The molecule has 0 aliphatic carbocycles. The van der Waals surface area contributed by atoms with E-state index < -0.39 is 20.0 Å². The maximum Gasteiger partial charge on any atom is 0.472 e. The van der Waals surface area contributed by atoms with Crippen LogP contribution < -0.4 is 5.32 Å². The quantitative estimate of drug-likeness (QED) is 0.0243. The lowest BCUT2D eigenvalue weighted by atomic mass is 10.0. The number of unbranched alkanes of at least 4 members (excludes halogenated alkanes) is 44. The van der Waals surface area contributed by atoms with Gasteiger partial charge in [-0.25, -0.2) is 4.57 Å². The Kier molecular flexibility index (Phi) is 53.5. The highest BCUT2D eigenvalue weighted by Crippen LogP contribution is 2.43. The van der Waals surface area contributed by atoms with Gasteiger partial charge in [0.15, 0.2) is 0 Å². The van der Waals surface area contributed by atoms with Crippen LogP contribution in [-0.2, 0) is 18.4 Å². The van der Waals surface area contributed by atoms with E-state index in [1.165, 1.54) is 263 Å². The van der Waals surface area contributed by atoms with Crippen molar-refractivity contribution in [3.8, 4) is 0 Å². The highest BCUT2D eigenvalue weighted by atomic mass is 31.2. The van der Waals surface area contributed by atoms with Crippen LogP contribution in [-0.4, -0.2) is 73.4 Å². The van der Waals surface area contributed by atoms with E-state index in [9.17, 15) is 19.4 Å². The van der Waals surface area contributed by atoms with Gasteiger partial charge in [-0.1, -0.05) is 296 Å². The predicted molar refractivity (Wildman–Crippen MR) is 309 cm³/mol. The lowest BCUT2D eigenvalue weighted by Crippen LogP contribution is -2.46. The summed E-state index contributed by atoms with van der Waals surface area (Å²) in [5.74, 6) is -0.138. The van der Waals surface area contributed by atoms with E-state index >= 15 is 0 Å². The molecule has 0 aliphatic heterocycles. The summed E-state index contributed by atoms with van der Waals surface area (Å²) in [6.07, 6.45) is 67.1. The highest BCUT2D eigenvalue weighted by molar-refractivity contribution is 7.47. The van der Waals surface area contributed by atoms with E-state index in [1.807, 2.05) is 21.1 Å². The summed E-state index contributed by atoms with van der Waals surface area (Å²) in [4.78, 5) is 23.4. The first-order valence-electron chi connectivity index (χ1n) is 31.6. The fraction of sp³-hybridized carbons (Fsp3) is 0.952. The van der Waals surface area contributed by atoms with Gasteiger partial charge in [-0.3, -0.25) is 13.8 Å². The van der Waals surface area contributed by atoms with Crippen molar-refractivity contribution in [2.45, 2.75) is 341 Å². The van der Waals surface area contributed by atoms with E-state index in [0.29, 0.717) is 23.9 Å². The van der Waals surface area contributed by atoms with Gasteiger partial charge >= 0.3 is 7.82 Å². The molecule has 0 heterocycles. The number of carbonyl (C=O) groups excluding carboxylic acids is 1. The molecule has 8 nitrogen and oxygen atoms in total. The molecule has 3 N–H and O–H groups in total. The van der Waals surface area contributed by atoms with Gasteiger partial charge < -0.3 is 19.8 Å². The number of nitrogens with zero attached hydrogens (tertiary/aromatic N) is 1. The lowest BCUT2D eigenvalue weighted by molar-refractivity contribution is -0.870. The van der Waals surface area contributed by atoms with Gasteiger partial charge in [0.25, 0.3) is 0 Å². The molecule has 3 unspecified atom stereocenters. The van der Waals surface area contributed by atoms with Gasteiger partial charge in [0, 0.05) is 6.42 Å². The van der Waals surface area contributed by atoms with Crippen molar-refractivity contribution < 1.29 is 32.9 Å². The molecular formula is C62H126N2O6P+. The Bertz CT molecular complexity index is 1160. The van der Waals surface area contributed by atoms with E-state index in [0.717, 1.165) is 38.5 Å². The molecule has 0 saturated heterocycles. The smallest absolute Gasteiger partial charge is 0.391 e. The second-order valence-corrected chi connectivity index (χ2v) is 24.6. The number of quaternary nitrogens is 1. The van der Waals surface area contributed by atoms with Gasteiger partial charge in [-0.05, 0) is 38.5 Å². The average molecular weight is 1030 g/mol. The van der Waals surface area contributed by atoms with E-state index in [-0.39, 0.29) is 19.1 Å². The molecule has 0 rings (SSSR count). The number of hydrogen-bond donors (Lipinski definition) is 3. The third-order valence-corrected chi connectivity index (χ3v) is 15.7. The maximum atomic E-state index is 13.0. The zero-order valence-corrected chi connectivity index (χ0v) is 49.4. The Hall–Kier alpha value is -0.760. The Labute approximate surface area is 443 Å². The van der Waals surface area contributed by atoms with E-state index in [4.69, 9.17) is 9.05 Å². The van der Waals surface area contributed by atoms with Gasteiger partial charge in [-0.2, -0.15) is 0 Å². The van der Waals surface area contributed by atoms with Crippen LogP contribution in [0.4, 0.5) is 0 Å². The number of nitrogens with one attached hydrogen (secondary N) is 1. The number of phosphoric acid groups is 1. The molecular weight excluding hydrogens is 900 g/mol. The Balaban J connectivity index is 4.05. The summed E-state index contributed by atoms with van der Waals surface area (Å²) in [5, 5.41) is 14.1. The van der Waals surface area contributed by atoms with Gasteiger partial charge in [0.1, 0.15) is 13.2 Å². The second kappa shape index (κ2) is 54.0. The molecule has 0 aromatic heterocycles. The van der Waals surface area contributed by atoms with Crippen LogP contribution >= 0.6 is 7.82 Å². The summed E-state index contributed by atoms with van der Waals surface area (Å²) in [7, 11) is 1.63. The summed E-state index contributed by atoms with van der Waals surface area (Å²) in [6, 6.07) is -0.758. The van der Waals surface area contributed by atoms with Crippen LogP contribution in [0.25, 0.3) is 0 Å². The molecule has 0 aliphatic rings. The first-order valence-corrected chi connectivity index (χ1v) is 33.0. The summed E-state index contributed by atoms with van der Waals surface area (Å²) >= 11 is 0. The minimum atomic E-state index is -4.32. The molecule has 0 bridgehead atoms. The number of amides is 1. The minimum absolute atomic E-state index is 0.0776. The largest absolute Gasteiger partial charge is 0.472 e. The van der Waals surface area contributed by atoms with Crippen LogP contribution in [0.3, 0.4) is 0 Å². The molecule has 0 aromatic rings. The number of rotatable bonds is 59. The Morgan fingerprint density at radius 2 is 0.761 bits per heavy atom. The predicted octanol–water partition coefficient (Wildman–Crippen LogP) is 19.4. The molecule has 0 radical (unpaired) electrons. The maximum absolute atomic E-state index is 13.0. The monoisotopic (exact) mass is 1030 g/mol. The summed E-state index contributed by atoms with van der Waals surface area (Å²) in [5.41, 5.74) is 0. The SMILES string of the molecule is CCCCCCCCCCCCCC/C=C\CCCCCCCCCCCCCCCC(=O)NC(COP(=O)(O)OCC[N+](C)(C)C)C(O)CCCCCCCCCCCCCCCCCCCCCC. The van der Waals surface area contributed by atoms with E-state index in [2.05, 4.69) is 31.3 Å². The molecule has 9 heteroatoms.